The van der Waals surface area contributed by atoms with Crippen LogP contribution in [0.5, 0.6) is 0 Å². The van der Waals surface area contributed by atoms with Crippen molar-refractivity contribution in [1.29, 1.82) is 0 Å². The maximum absolute atomic E-state index is 3.83. The Bertz CT molecular complexity index is 248. The highest BCUT2D eigenvalue weighted by Gasteiger charge is 2.18. The van der Waals surface area contributed by atoms with E-state index in [1.165, 1.54) is 31.8 Å². The molecule has 0 aliphatic carbocycles. The van der Waals surface area contributed by atoms with Crippen molar-refractivity contribution in [2.24, 2.45) is 5.92 Å². The van der Waals surface area contributed by atoms with E-state index >= 15 is 0 Å². The molecule has 0 aromatic heterocycles. The number of hydrogen-bond acceptors (Lipinski definition) is 0. The minimum atomic E-state index is 0.710. The maximum Gasteiger partial charge on any atom is 0.151 e. The summed E-state index contributed by atoms with van der Waals surface area (Å²) in [7, 11) is 0. The normalized spacial score (nSPS) is 20.5. The second-order valence-electron chi connectivity index (χ2n) is 5.61. The average molecular weight is 228 g/mol. The topological polar surface area (TPSA) is 0 Å². The molecule has 2 heteroatoms. The van der Waals surface area contributed by atoms with Crippen molar-refractivity contribution in [2.75, 3.05) is 0 Å². The molecular weight excluding hydrogens is 202 g/mol. The minimum Gasteiger partial charge on any atom is -0.104 e. The smallest absolute Gasteiger partial charge is 0.104 e. The summed E-state index contributed by atoms with van der Waals surface area (Å²) in [6, 6.07) is 0. The van der Waals surface area contributed by atoms with E-state index in [0.29, 0.717) is 6.71 Å². The third-order valence-corrected chi connectivity index (χ3v) is 3.85. The van der Waals surface area contributed by atoms with Crippen molar-refractivity contribution < 1.29 is 0 Å². The number of rotatable bonds is 7. The SMILES string of the molecule is C=CCB(CC=C)C/C=C/C1CCCB(C)C1. The summed E-state index contributed by atoms with van der Waals surface area (Å²) in [5, 5.41) is 0. The molecule has 1 saturated heterocycles. The van der Waals surface area contributed by atoms with Crippen molar-refractivity contribution in [3.8, 4) is 0 Å². The fraction of sp³-hybridized carbons (Fsp3) is 0.600. The van der Waals surface area contributed by atoms with Gasteiger partial charge < -0.3 is 0 Å². The van der Waals surface area contributed by atoms with Crippen LogP contribution in [0, 0.1) is 5.92 Å². The largest absolute Gasteiger partial charge is 0.151 e. The summed E-state index contributed by atoms with van der Waals surface area (Å²) < 4.78 is 0. The van der Waals surface area contributed by atoms with E-state index in [1.54, 1.807) is 0 Å². The lowest BCUT2D eigenvalue weighted by Gasteiger charge is -2.22. The molecule has 1 aliphatic rings. The third kappa shape index (κ3) is 6.00. The Hall–Kier alpha value is -0.650. The molecule has 0 aromatic rings. The summed E-state index contributed by atoms with van der Waals surface area (Å²) in [6.45, 7) is 11.7. The summed E-state index contributed by atoms with van der Waals surface area (Å²) >= 11 is 0. The highest BCUT2D eigenvalue weighted by Crippen LogP contribution is 2.26. The monoisotopic (exact) mass is 228 g/mol. The molecule has 0 amide bonds. The fourth-order valence-corrected chi connectivity index (χ4v) is 2.88. The van der Waals surface area contributed by atoms with Crippen LogP contribution in [0.25, 0.3) is 0 Å². The van der Waals surface area contributed by atoms with Crippen LogP contribution < -0.4 is 0 Å². The maximum atomic E-state index is 3.83. The first-order valence-corrected chi connectivity index (χ1v) is 7.14. The van der Waals surface area contributed by atoms with Gasteiger partial charge in [0.05, 0.1) is 0 Å². The quantitative estimate of drug-likeness (QED) is 0.427. The van der Waals surface area contributed by atoms with Crippen molar-refractivity contribution in [3.63, 3.8) is 0 Å². The molecule has 1 fully saturated rings. The Balaban J connectivity index is 2.30. The van der Waals surface area contributed by atoms with Crippen LogP contribution in [-0.4, -0.2) is 13.4 Å². The van der Waals surface area contributed by atoms with Crippen LogP contribution >= 0.6 is 0 Å². The first kappa shape index (κ1) is 14.4. The molecule has 0 aromatic carbocycles. The Kier molecular flexibility index (Phi) is 7.16. The Morgan fingerprint density at radius 3 is 2.53 bits per heavy atom. The molecule has 0 nitrogen and oxygen atoms in total. The highest BCUT2D eigenvalue weighted by molar-refractivity contribution is 6.60. The van der Waals surface area contributed by atoms with Crippen molar-refractivity contribution in [1.82, 2.24) is 0 Å². The van der Waals surface area contributed by atoms with Crippen LogP contribution in [0.15, 0.2) is 37.5 Å². The van der Waals surface area contributed by atoms with Gasteiger partial charge in [-0.1, -0.05) is 69.1 Å². The standard InChI is InChI=1S/C15H26B2/c1-4-10-17(11-5-2)13-7-9-15-8-6-12-16(3)14-15/h4-5,7,9,15H,1-2,6,8,10-14H2,3H3/b9-7+. The van der Waals surface area contributed by atoms with E-state index < -0.39 is 0 Å². The molecule has 1 aliphatic heterocycles. The van der Waals surface area contributed by atoms with E-state index in [9.17, 15) is 0 Å². The molecule has 92 valence electrons. The van der Waals surface area contributed by atoms with E-state index in [-0.39, 0.29) is 0 Å². The molecule has 1 unspecified atom stereocenters. The number of allylic oxidation sites excluding steroid dienone is 4. The molecule has 1 heterocycles. The average Bonchev–Trinajstić information content (AvgIpc) is 2.30. The molecule has 0 spiro atoms. The van der Waals surface area contributed by atoms with Gasteiger partial charge >= 0.3 is 0 Å². The zero-order valence-corrected chi connectivity index (χ0v) is 11.4. The molecule has 0 radical (unpaired) electrons. The summed E-state index contributed by atoms with van der Waals surface area (Å²) in [6.07, 6.45) is 18.0. The first-order valence-electron chi connectivity index (χ1n) is 7.14. The van der Waals surface area contributed by atoms with Gasteiger partial charge in [0.25, 0.3) is 0 Å². The lowest BCUT2D eigenvalue weighted by atomic mass is 9.41. The van der Waals surface area contributed by atoms with Gasteiger partial charge in [0, 0.05) is 0 Å². The predicted octanol–water partition coefficient (Wildman–Crippen LogP) is 4.94. The second-order valence-corrected chi connectivity index (χ2v) is 5.61. The van der Waals surface area contributed by atoms with Gasteiger partial charge in [0.2, 0.25) is 0 Å². The van der Waals surface area contributed by atoms with E-state index in [2.05, 4.69) is 32.1 Å². The lowest BCUT2D eigenvalue weighted by Crippen LogP contribution is -2.17. The van der Waals surface area contributed by atoms with Crippen LogP contribution in [0.4, 0.5) is 0 Å². The molecule has 0 bridgehead atoms. The van der Waals surface area contributed by atoms with Crippen LogP contribution in [0.1, 0.15) is 12.8 Å². The highest BCUT2D eigenvalue weighted by atomic mass is 14.1. The molecule has 0 saturated carbocycles. The summed E-state index contributed by atoms with van der Waals surface area (Å²) in [5.74, 6) is 0.840. The Labute approximate surface area is 108 Å². The van der Waals surface area contributed by atoms with Crippen molar-refractivity contribution >= 4 is 13.4 Å². The minimum absolute atomic E-state index is 0.710. The van der Waals surface area contributed by atoms with E-state index in [0.717, 1.165) is 25.3 Å². The van der Waals surface area contributed by atoms with Gasteiger partial charge in [-0.15, -0.1) is 13.2 Å². The molecular formula is C15H26B2. The van der Waals surface area contributed by atoms with Gasteiger partial charge in [-0.2, -0.15) is 0 Å². The summed E-state index contributed by atoms with van der Waals surface area (Å²) in [5.41, 5.74) is 0. The molecule has 1 atom stereocenters. The van der Waals surface area contributed by atoms with Crippen molar-refractivity contribution in [2.45, 2.75) is 51.3 Å². The lowest BCUT2D eigenvalue weighted by molar-refractivity contribution is 0.597. The second kappa shape index (κ2) is 8.44. The van der Waals surface area contributed by atoms with Gasteiger partial charge in [-0.3, -0.25) is 0 Å². The predicted molar refractivity (Wildman–Crippen MR) is 83.7 cm³/mol. The zero-order valence-electron chi connectivity index (χ0n) is 11.4. The van der Waals surface area contributed by atoms with Crippen molar-refractivity contribution in [3.05, 3.63) is 37.5 Å². The third-order valence-electron chi connectivity index (χ3n) is 3.85. The van der Waals surface area contributed by atoms with Crippen LogP contribution in [-0.2, 0) is 0 Å². The fourth-order valence-electron chi connectivity index (χ4n) is 2.88. The Morgan fingerprint density at radius 1 is 1.24 bits per heavy atom. The van der Waals surface area contributed by atoms with E-state index in [1.807, 2.05) is 12.2 Å². The summed E-state index contributed by atoms with van der Waals surface area (Å²) in [4.78, 5) is 0. The zero-order chi connectivity index (χ0) is 12.5. The van der Waals surface area contributed by atoms with Gasteiger partial charge in [-0.05, 0) is 12.3 Å². The molecule has 17 heavy (non-hydrogen) atoms. The number of hydrogen-bond donors (Lipinski definition) is 0. The van der Waals surface area contributed by atoms with E-state index in [4.69, 9.17) is 0 Å². The van der Waals surface area contributed by atoms with Gasteiger partial charge in [-0.25, -0.2) is 0 Å². The molecule has 1 rings (SSSR count). The molecule has 0 N–H and O–H groups in total. The Morgan fingerprint density at radius 2 is 1.94 bits per heavy atom. The van der Waals surface area contributed by atoms with Crippen LogP contribution in [0.3, 0.4) is 0 Å². The first-order chi connectivity index (χ1) is 8.26. The van der Waals surface area contributed by atoms with Gasteiger partial charge in [0.15, 0.2) is 6.71 Å². The van der Waals surface area contributed by atoms with Gasteiger partial charge in [0.1, 0.15) is 6.71 Å². The van der Waals surface area contributed by atoms with Crippen LogP contribution in [0.2, 0.25) is 38.4 Å².